The second-order valence-electron chi connectivity index (χ2n) is 13.3. The molecule has 2 saturated heterocycles. The summed E-state index contributed by atoms with van der Waals surface area (Å²) < 4.78 is 0. The Morgan fingerprint density at radius 2 is 0.708 bits per heavy atom. The molecule has 0 unspecified atom stereocenters. The van der Waals surface area contributed by atoms with E-state index in [-0.39, 0.29) is 23.7 Å². The third kappa shape index (κ3) is 10.9. The molecule has 4 nitrogen and oxygen atoms in total. The Kier molecular flexibility index (Phi) is 15.0. The Balaban J connectivity index is 0.000000206. The van der Waals surface area contributed by atoms with Gasteiger partial charge in [0.15, 0.2) is 0 Å². The number of amides is 2. The van der Waals surface area contributed by atoms with Crippen LogP contribution in [0.2, 0.25) is 0 Å². The van der Waals surface area contributed by atoms with Gasteiger partial charge in [0.25, 0.3) is 0 Å². The molecule has 2 heterocycles. The molecule has 4 aromatic carbocycles. The van der Waals surface area contributed by atoms with Gasteiger partial charge in [-0.25, -0.2) is 0 Å². The normalized spacial score (nSPS) is 15.3. The number of likely N-dealkylation sites (tertiary alicyclic amines) is 2. The molecule has 2 amide bonds. The fourth-order valence-corrected chi connectivity index (χ4v) is 6.72. The fourth-order valence-electron chi connectivity index (χ4n) is 6.72. The number of carbonyl (C=O) groups excluding carboxylic acids is 2. The molecule has 4 aromatic rings. The van der Waals surface area contributed by atoms with Gasteiger partial charge in [-0.15, -0.1) is 0 Å². The van der Waals surface area contributed by atoms with E-state index in [1.807, 2.05) is 38.1 Å². The molecule has 2 aliphatic rings. The lowest BCUT2D eigenvalue weighted by Crippen LogP contribution is -2.38. The monoisotopic (exact) mass is 644 g/mol. The standard InChI is InChI=1S/2C21H25NO.C2H6/c2*1-17-12-14-22(15-13-17)21(23)16-20(18-8-4-2-5-9-18)19-10-6-3-7-11-19;1-2/h2*2-11,17,20H,12-16H2,1H3;1-2H3. The van der Waals surface area contributed by atoms with E-state index in [4.69, 9.17) is 0 Å². The third-order valence-corrected chi connectivity index (χ3v) is 9.84. The maximum absolute atomic E-state index is 12.8. The minimum Gasteiger partial charge on any atom is -0.343 e. The first-order valence-electron chi connectivity index (χ1n) is 18.2. The van der Waals surface area contributed by atoms with Crippen LogP contribution in [0, 0.1) is 11.8 Å². The minimum atomic E-state index is 0.143. The number of piperidine rings is 2. The Morgan fingerprint density at radius 1 is 0.479 bits per heavy atom. The van der Waals surface area contributed by atoms with E-state index >= 15 is 0 Å². The van der Waals surface area contributed by atoms with Gasteiger partial charge in [-0.1, -0.05) is 149 Å². The number of nitrogens with zero attached hydrogens (tertiary/aromatic N) is 2. The van der Waals surface area contributed by atoms with Crippen molar-refractivity contribution in [2.24, 2.45) is 11.8 Å². The molecule has 0 radical (unpaired) electrons. The van der Waals surface area contributed by atoms with E-state index in [1.165, 1.54) is 22.3 Å². The summed E-state index contributed by atoms with van der Waals surface area (Å²) in [6, 6.07) is 41.6. The molecule has 4 heteroatoms. The van der Waals surface area contributed by atoms with Crippen LogP contribution in [-0.4, -0.2) is 47.8 Å². The lowest BCUT2D eigenvalue weighted by molar-refractivity contribution is -0.133. The van der Waals surface area contributed by atoms with Gasteiger partial charge in [-0.3, -0.25) is 9.59 Å². The highest BCUT2D eigenvalue weighted by molar-refractivity contribution is 5.78. The zero-order valence-electron chi connectivity index (χ0n) is 29.6. The van der Waals surface area contributed by atoms with Crippen molar-refractivity contribution in [3.63, 3.8) is 0 Å². The summed E-state index contributed by atoms with van der Waals surface area (Å²) in [7, 11) is 0. The van der Waals surface area contributed by atoms with Gasteiger partial charge in [0, 0.05) is 50.9 Å². The highest BCUT2D eigenvalue weighted by Gasteiger charge is 2.26. The topological polar surface area (TPSA) is 40.6 Å². The lowest BCUT2D eigenvalue weighted by atomic mass is 9.87. The average molecular weight is 645 g/mol. The SMILES string of the molecule is CC.CC1CCN(C(=O)CC(c2ccccc2)c2ccccc2)CC1.CC1CCN(C(=O)CC(c2ccccc2)c2ccccc2)CC1. The summed E-state index contributed by atoms with van der Waals surface area (Å²) in [6.07, 6.45) is 5.64. The van der Waals surface area contributed by atoms with Crippen molar-refractivity contribution in [2.75, 3.05) is 26.2 Å². The zero-order chi connectivity index (χ0) is 34.1. The Hall–Kier alpha value is -4.18. The Morgan fingerprint density at radius 3 is 0.938 bits per heavy atom. The number of carbonyl (C=O) groups is 2. The maximum Gasteiger partial charge on any atom is 0.223 e. The summed E-state index contributed by atoms with van der Waals surface area (Å²) in [5.41, 5.74) is 4.88. The second kappa shape index (κ2) is 19.6. The van der Waals surface area contributed by atoms with Crippen LogP contribution in [0.5, 0.6) is 0 Å². The van der Waals surface area contributed by atoms with E-state index in [2.05, 4.69) is 121 Å². The fraction of sp³-hybridized carbons (Fsp3) is 0.409. The Labute approximate surface area is 290 Å². The summed E-state index contributed by atoms with van der Waals surface area (Å²) in [6.45, 7) is 12.2. The first-order valence-corrected chi connectivity index (χ1v) is 18.2. The second-order valence-corrected chi connectivity index (χ2v) is 13.3. The van der Waals surface area contributed by atoms with Crippen LogP contribution in [-0.2, 0) is 9.59 Å². The molecule has 2 aliphatic heterocycles. The highest BCUT2D eigenvalue weighted by Crippen LogP contribution is 2.31. The van der Waals surface area contributed by atoms with Crippen molar-refractivity contribution < 1.29 is 9.59 Å². The van der Waals surface area contributed by atoms with Crippen molar-refractivity contribution in [3.05, 3.63) is 144 Å². The third-order valence-electron chi connectivity index (χ3n) is 9.84. The van der Waals surface area contributed by atoms with Gasteiger partial charge < -0.3 is 9.80 Å². The van der Waals surface area contributed by atoms with E-state index in [1.54, 1.807) is 0 Å². The highest BCUT2D eigenvalue weighted by atomic mass is 16.2. The van der Waals surface area contributed by atoms with Crippen LogP contribution < -0.4 is 0 Å². The van der Waals surface area contributed by atoms with Crippen LogP contribution in [0.15, 0.2) is 121 Å². The first-order chi connectivity index (χ1) is 23.5. The van der Waals surface area contributed by atoms with Crippen LogP contribution in [0.4, 0.5) is 0 Å². The molecule has 0 N–H and O–H groups in total. The van der Waals surface area contributed by atoms with Gasteiger partial charge in [0.1, 0.15) is 0 Å². The molecule has 2 fully saturated rings. The first kappa shape index (κ1) is 36.7. The van der Waals surface area contributed by atoms with Crippen molar-refractivity contribution in [1.82, 2.24) is 9.80 Å². The van der Waals surface area contributed by atoms with E-state index in [9.17, 15) is 9.59 Å². The average Bonchev–Trinajstić information content (AvgIpc) is 3.16. The molecule has 0 spiro atoms. The van der Waals surface area contributed by atoms with Crippen molar-refractivity contribution >= 4 is 11.8 Å². The lowest BCUT2D eigenvalue weighted by Gasteiger charge is -2.31. The summed E-state index contributed by atoms with van der Waals surface area (Å²) in [5, 5.41) is 0. The predicted octanol–water partition coefficient (Wildman–Crippen LogP) is 9.96. The van der Waals surface area contributed by atoms with Gasteiger partial charge in [0.05, 0.1) is 0 Å². The van der Waals surface area contributed by atoms with E-state index < -0.39 is 0 Å². The summed E-state index contributed by atoms with van der Waals surface area (Å²) >= 11 is 0. The Bertz CT molecular complexity index is 1270. The molecular formula is C44H56N2O2. The summed E-state index contributed by atoms with van der Waals surface area (Å²) in [4.78, 5) is 29.7. The van der Waals surface area contributed by atoms with Crippen LogP contribution >= 0.6 is 0 Å². The molecule has 0 atom stereocenters. The number of hydrogen-bond donors (Lipinski definition) is 0. The van der Waals surface area contributed by atoms with Gasteiger partial charge >= 0.3 is 0 Å². The van der Waals surface area contributed by atoms with Crippen molar-refractivity contribution in [3.8, 4) is 0 Å². The quantitative estimate of drug-likeness (QED) is 0.192. The molecule has 254 valence electrons. The number of benzene rings is 4. The van der Waals surface area contributed by atoms with Gasteiger partial charge in [-0.2, -0.15) is 0 Å². The minimum absolute atomic E-state index is 0.143. The molecule has 0 bridgehead atoms. The van der Waals surface area contributed by atoms with Crippen LogP contribution in [0.1, 0.15) is 100 Å². The van der Waals surface area contributed by atoms with Crippen molar-refractivity contribution in [1.29, 1.82) is 0 Å². The van der Waals surface area contributed by atoms with E-state index in [0.717, 1.165) is 63.7 Å². The van der Waals surface area contributed by atoms with Gasteiger partial charge in [0.2, 0.25) is 11.8 Å². The maximum atomic E-state index is 12.8. The number of rotatable bonds is 8. The molecule has 0 aliphatic carbocycles. The molecule has 6 rings (SSSR count). The largest absolute Gasteiger partial charge is 0.343 e. The number of hydrogen-bond acceptors (Lipinski definition) is 2. The smallest absolute Gasteiger partial charge is 0.223 e. The van der Waals surface area contributed by atoms with E-state index in [0.29, 0.717) is 12.8 Å². The van der Waals surface area contributed by atoms with Crippen LogP contribution in [0.3, 0.4) is 0 Å². The molecule has 0 aromatic heterocycles. The van der Waals surface area contributed by atoms with Gasteiger partial charge in [-0.05, 0) is 59.8 Å². The summed E-state index contributed by atoms with van der Waals surface area (Å²) in [5.74, 6) is 2.36. The molecular weight excluding hydrogens is 588 g/mol. The van der Waals surface area contributed by atoms with Crippen molar-refractivity contribution in [2.45, 2.75) is 78.1 Å². The van der Waals surface area contributed by atoms with Crippen LogP contribution in [0.25, 0.3) is 0 Å². The molecule has 0 saturated carbocycles. The predicted molar refractivity (Wildman–Crippen MR) is 200 cm³/mol. The zero-order valence-corrected chi connectivity index (χ0v) is 29.6. The molecule has 48 heavy (non-hydrogen) atoms.